The van der Waals surface area contributed by atoms with Crippen LogP contribution in [0.3, 0.4) is 0 Å². The number of aldehydes is 1. The molecule has 0 aromatic heterocycles. The standard InChI is InChI=1S/C11H8Cl2O/c12-10-7-4-6-9(11(10)13)5-2-1-3-8-14/h4,6-8H,1,3H2. The topological polar surface area (TPSA) is 17.1 Å². The molecule has 0 bridgehead atoms. The lowest BCUT2D eigenvalue weighted by Gasteiger charge is -1.96. The van der Waals surface area contributed by atoms with Gasteiger partial charge in [0.05, 0.1) is 10.0 Å². The van der Waals surface area contributed by atoms with Crippen LogP contribution < -0.4 is 0 Å². The second-order valence-electron chi connectivity index (χ2n) is 2.61. The number of halogens is 2. The van der Waals surface area contributed by atoms with Crippen molar-refractivity contribution in [3.8, 4) is 11.8 Å². The summed E-state index contributed by atoms with van der Waals surface area (Å²) < 4.78 is 0. The fraction of sp³-hybridized carbons (Fsp3) is 0.182. The second kappa shape index (κ2) is 5.70. The zero-order chi connectivity index (χ0) is 10.4. The van der Waals surface area contributed by atoms with E-state index in [0.29, 0.717) is 28.5 Å². The lowest BCUT2D eigenvalue weighted by atomic mass is 10.2. The van der Waals surface area contributed by atoms with Gasteiger partial charge in [-0.25, -0.2) is 0 Å². The molecule has 0 aliphatic rings. The SMILES string of the molecule is O=CCCC#Cc1cccc(Cl)c1Cl. The molecule has 0 fully saturated rings. The van der Waals surface area contributed by atoms with E-state index >= 15 is 0 Å². The molecule has 1 nitrogen and oxygen atoms in total. The number of rotatable bonds is 2. The van der Waals surface area contributed by atoms with E-state index < -0.39 is 0 Å². The molecule has 0 radical (unpaired) electrons. The van der Waals surface area contributed by atoms with Crippen LogP contribution in [0.2, 0.25) is 10.0 Å². The molecule has 0 N–H and O–H groups in total. The van der Waals surface area contributed by atoms with Gasteiger partial charge in [0.1, 0.15) is 6.29 Å². The normalized spacial score (nSPS) is 9.00. The van der Waals surface area contributed by atoms with Gasteiger partial charge >= 0.3 is 0 Å². The van der Waals surface area contributed by atoms with Crippen molar-refractivity contribution in [2.45, 2.75) is 12.8 Å². The Hall–Kier alpha value is -0.970. The Kier molecular flexibility index (Phi) is 4.52. The van der Waals surface area contributed by atoms with Crippen LogP contribution in [0.25, 0.3) is 0 Å². The first kappa shape index (κ1) is 11.1. The summed E-state index contributed by atoms with van der Waals surface area (Å²) in [5.41, 5.74) is 0.699. The fourth-order valence-corrected chi connectivity index (χ4v) is 1.24. The molecule has 72 valence electrons. The Balaban J connectivity index is 2.79. The van der Waals surface area contributed by atoms with Crippen LogP contribution >= 0.6 is 23.2 Å². The summed E-state index contributed by atoms with van der Waals surface area (Å²) in [7, 11) is 0. The lowest BCUT2D eigenvalue weighted by Crippen LogP contribution is -1.78. The summed E-state index contributed by atoms with van der Waals surface area (Å²) in [6.45, 7) is 0. The molecule has 0 spiro atoms. The summed E-state index contributed by atoms with van der Waals surface area (Å²) in [4.78, 5) is 10.0. The maximum atomic E-state index is 10.0. The average molecular weight is 227 g/mol. The van der Waals surface area contributed by atoms with Gasteiger partial charge < -0.3 is 4.79 Å². The van der Waals surface area contributed by atoms with E-state index in [9.17, 15) is 4.79 Å². The number of unbranched alkanes of at least 4 members (excludes halogenated alkanes) is 1. The number of hydrogen-bond donors (Lipinski definition) is 0. The van der Waals surface area contributed by atoms with E-state index in [1.165, 1.54) is 0 Å². The molecule has 3 heteroatoms. The molecule has 1 aromatic carbocycles. The van der Waals surface area contributed by atoms with Gasteiger partial charge in [0.15, 0.2) is 0 Å². The lowest BCUT2D eigenvalue weighted by molar-refractivity contribution is -0.107. The monoisotopic (exact) mass is 226 g/mol. The highest BCUT2D eigenvalue weighted by Gasteiger charge is 1.99. The van der Waals surface area contributed by atoms with Crippen molar-refractivity contribution < 1.29 is 4.79 Å². The van der Waals surface area contributed by atoms with Crippen LogP contribution in [0, 0.1) is 11.8 Å². The van der Waals surface area contributed by atoms with Crippen molar-refractivity contribution in [2.24, 2.45) is 0 Å². The third-order valence-electron chi connectivity index (χ3n) is 1.56. The van der Waals surface area contributed by atoms with Crippen LogP contribution in [0.15, 0.2) is 18.2 Å². The van der Waals surface area contributed by atoms with E-state index in [0.717, 1.165) is 6.29 Å². The van der Waals surface area contributed by atoms with Crippen LogP contribution in [0.4, 0.5) is 0 Å². The predicted molar refractivity (Wildman–Crippen MR) is 58.6 cm³/mol. The van der Waals surface area contributed by atoms with Gasteiger partial charge in [-0.05, 0) is 12.1 Å². The Labute approximate surface area is 93.0 Å². The molecule has 0 heterocycles. The van der Waals surface area contributed by atoms with Gasteiger partial charge in [-0.15, -0.1) is 0 Å². The molecule has 0 saturated carbocycles. The highest BCUT2D eigenvalue weighted by atomic mass is 35.5. The van der Waals surface area contributed by atoms with Crippen molar-refractivity contribution in [3.05, 3.63) is 33.8 Å². The molecule has 0 aliphatic carbocycles. The molecule has 1 rings (SSSR count). The zero-order valence-electron chi connectivity index (χ0n) is 7.39. The van der Waals surface area contributed by atoms with Gasteiger partial charge in [-0.1, -0.05) is 41.1 Å². The van der Waals surface area contributed by atoms with Crippen LogP contribution in [0.5, 0.6) is 0 Å². The summed E-state index contributed by atoms with van der Waals surface area (Å²) in [6, 6.07) is 5.29. The van der Waals surface area contributed by atoms with E-state index in [1.807, 2.05) is 0 Å². The second-order valence-corrected chi connectivity index (χ2v) is 3.39. The van der Waals surface area contributed by atoms with Crippen molar-refractivity contribution >= 4 is 29.5 Å². The molecule has 0 atom stereocenters. The van der Waals surface area contributed by atoms with E-state index in [2.05, 4.69) is 11.8 Å². The van der Waals surface area contributed by atoms with Gasteiger partial charge in [0.2, 0.25) is 0 Å². The Bertz CT molecular complexity index is 388. The van der Waals surface area contributed by atoms with Crippen molar-refractivity contribution in [1.82, 2.24) is 0 Å². The summed E-state index contributed by atoms with van der Waals surface area (Å²) in [5.74, 6) is 5.71. The van der Waals surface area contributed by atoms with Crippen LogP contribution in [0.1, 0.15) is 18.4 Å². The third-order valence-corrected chi connectivity index (χ3v) is 2.38. The molecule has 0 saturated heterocycles. The minimum absolute atomic E-state index is 0.450. The van der Waals surface area contributed by atoms with E-state index in [4.69, 9.17) is 23.2 Å². The number of benzene rings is 1. The molecule has 0 unspecified atom stereocenters. The summed E-state index contributed by atoms with van der Waals surface area (Å²) >= 11 is 11.7. The predicted octanol–water partition coefficient (Wildman–Crippen LogP) is 3.32. The van der Waals surface area contributed by atoms with Gasteiger partial charge in [0.25, 0.3) is 0 Å². The fourth-order valence-electron chi connectivity index (χ4n) is 0.889. The number of hydrogen-bond acceptors (Lipinski definition) is 1. The Morgan fingerprint density at radius 2 is 2.14 bits per heavy atom. The first-order valence-corrected chi connectivity index (χ1v) is 4.88. The first-order chi connectivity index (χ1) is 6.75. The average Bonchev–Trinajstić information content (AvgIpc) is 2.19. The Morgan fingerprint density at radius 1 is 1.36 bits per heavy atom. The van der Waals surface area contributed by atoms with Crippen molar-refractivity contribution in [1.29, 1.82) is 0 Å². The molecule has 0 amide bonds. The Morgan fingerprint density at radius 3 is 2.86 bits per heavy atom. The molecular formula is C11H8Cl2O. The highest BCUT2D eigenvalue weighted by Crippen LogP contribution is 2.24. The highest BCUT2D eigenvalue weighted by molar-refractivity contribution is 6.42. The van der Waals surface area contributed by atoms with E-state index in [-0.39, 0.29) is 0 Å². The maximum absolute atomic E-state index is 10.0. The molecule has 14 heavy (non-hydrogen) atoms. The van der Waals surface area contributed by atoms with Crippen LogP contribution in [-0.4, -0.2) is 6.29 Å². The summed E-state index contributed by atoms with van der Waals surface area (Å²) in [6.07, 6.45) is 1.84. The van der Waals surface area contributed by atoms with Crippen molar-refractivity contribution in [2.75, 3.05) is 0 Å². The molecule has 1 aromatic rings. The molecule has 0 aliphatic heterocycles. The van der Waals surface area contributed by atoms with Gasteiger partial charge in [0, 0.05) is 18.4 Å². The zero-order valence-corrected chi connectivity index (χ0v) is 8.90. The molecular weight excluding hydrogens is 219 g/mol. The quantitative estimate of drug-likeness (QED) is 0.430. The van der Waals surface area contributed by atoms with Crippen LogP contribution in [-0.2, 0) is 4.79 Å². The van der Waals surface area contributed by atoms with E-state index in [1.54, 1.807) is 18.2 Å². The number of carbonyl (C=O) groups is 1. The van der Waals surface area contributed by atoms with Crippen molar-refractivity contribution in [3.63, 3.8) is 0 Å². The smallest absolute Gasteiger partial charge is 0.120 e. The summed E-state index contributed by atoms with van der Waals surface area (Å²) in [5, 5.41) is 0.960. The maximum Gasteiger partial charge on any atom is 0.120 e. The minimum atomic E-state index is 0.450. The largest absolute Gasteiger partial charge is 0.303 e. The first-order valence-electron chi connectivity index (χ1n) is 4.12. The number of carbonyl (C=O) groups excluding carboxylic acids is 1. The minimum Gasteiger partial charge on any atom is -0.303 e. The third kappa shape index (κ3) is 3.06. The van der Waals surface area contributed by atoms with Gasteiger partial charge in [-0.2, -0.15) is 0 Å². The van der Waals surface area contributed by atoms with Gasteiger partial charge in [-0.3, -0.25) is 0 Å².